The largest absolute Gasteiger partial charge is 0.465 e. The summed E-state index contributed by atoms with van der Waals surface area (Å²) in [6, 6.07) is 0. The summed E-state index contributed by atoms with van der Waals surface area (Å²) in [7, 11) is 0.975. The first-order chi connectivity index (χ1) is 13.6. The number of thioether (sulfide) groups is 1. The van der Waals surface area contributed by atoms with Gasteiger partial charge < -0.3 is 24.8 Å². The summed E-state index contributed by atoms with van der Waals surface area (Å²) < 4.78 is 14.3. The highest BCUT2D eigenvalue weighted by Gasteiger charge is 2.41. The first-order valence-electron chi connectivity index (χ1n) is 8.71. The molecule has 12 heteroatoms. The number of hydrogen-bond donors (Lipinski definition) is 2. The van der Waals surface area contributed by atoms with Crippen LogP contribution >= 0.6 is 11.8 Å². The predicted octanol–water partition coefficient (Wildman–Crippen LogP) is -1.07. The zero-order valence-electron chi connectivity index (χ0n) is 16.4. The van der Waals surface area contributed by atoms with Gasteiger partial charge >= 0.3 is 17.9 Å². The minimum absolute atomic E-state index is 0.0442. The average Bonchev–Trinajstić information content (AvgIpc) is 2.66. The molecule has 2 N–H and O–H groups in total. The van der Waals surface area contributed by atoms with Crippen LogP contribution in [-0.2, 0) is 43.0 Å². The molecule has 1 heterocycles. The van der Waals surface area contributed by atoms with Crippen molar-refractivity contribution in [2.24, 2.45) is 5.41 Å². The van der Waals surface area contributed by atoms with Gasteiger partial charge in [0, 0.05) is 30.7 Å². The Kier molecular flexibility index (Phi) is 9.59. The van der Waals surface area contributed by atoms with E-state index in [9.17, 15) is 28.8 Å². The fourth-order valence-electron chi connectivity index (χ4n) is 2.20. The Morgan fingerprint density at radius 3 is 2.45 bits per heavy atom. The molecule has 0 aromatic rings. The van der Waals surface area contributed by atoms with Gasteiger partial charge in [0.25, 0.3) is 5.91 Å². The fourth-order valence-corrected chi connectivity index (χ4v) is 2.86. The smallest absolute Gasteiger partial charge is 0.418 e. The van der Waals surface area contributed by atoms with Gasteiger partial charge in [0.15, 0.2) is 11.2 Å². The number of nitrogens with one attached hydrogen (secondary N) is 2. The molecule has 1 rings (SSSR count). The lowest BCUT2D eigenvalue weighted by molar-refractivity contribution is -0.178. The highest BCUT2D eigenvalue weighted by molar-refractivity contribution is 8.13. The third-order valence-corrected chi connectivity index (χ3v) is 4.63. The topological polar surface area (TPSA) is 154 Å². The van der Waals surface area contributed by atoms with Crippen LogP contribution in [0.1, 0.15) is 26.7 Å². The number of carbonyl (C=O) groups is 6. The van der Waals surface area contributed by atoms with Gasteiger partial charge in [0.2, 0.25) is 5.91 Å². The molecule has 162 valence electrons. The van der Waals surface area contributed by atoms with E-state index >= 15 is 0 Å². The number of cyclic esters (lactones) is 1. The summed E-state index contributed by atoms with van der Waals surface area (Å²) in [6.45, 7) is 2.74. The predicted molar refractivity (Wildman–Crippen MR) is 99.4 cm³/mol. The number of carbonyl (C=O) groups excluding carboxylic acids is 6. The lowest BCUT2D eigenvalue weighted by Gasteiger charge is -2.31. The Morgan fingerprint density at radius 1 is 1.10 bits per heavy atom. The van der Waals surface area contributed by atoms with Crippen molar-refractivity contribution in [2.45, 2.75) is 32.8 Å². The molecule has 0 aromatic carbocycles. The van der Waals surface area contributed by atoms with Gasteiger partial charge in [-0.25, -0.2) is 9.59 Å². The van der Waals surface area contributed by atoms with E-state index in [-0.39, 0.29) is 32.0 Å². The van der Waals surface area contributed by atoms with Crippen LogP contribution in [0.3, 0.4) is 0 Å². The molecule has 1 saturated heterocycles. The monoisotopic (exact) mass is 432 g/mol. The normalized spacial score (nSPS) is 22.0. The van der Waals surface area contributed by atoms with Crippen molar-refractivity contribution in [3.05, 3.63) is 0 Å². The molecule has 1 atom stereocenters. The minimum Gasteiger partial charge on any atom is -0.465 e. The second kappa shape index (κ2) is 11.4. The Morgan fingerprint density at radius 2 is 1.79 bits per heavy atom. The van der Waals surface area contributed by atoms with Crippen molar-refractivity contribution >= 4 is 46.6 Å². The third-order valence-electron chi connectivity index (χ3n) is 3.76. The molecule has 0 spiro atoms. The summed E-state index contributed by atoms with van der Waals surface area (Å²) in [5.74, 6) is -4.36. The number of esters is 3. The van der Waals surface area contributed by atoms with Gasteiger partial charge in [-0.3, -0.25) is 19.2 Å². The Balaban J connectivity index is 2.99. The Hall–Kier alpha value is -2.63. The van der Waals surface area contributed by atoms with E-state index in [1.54, 1.807) is 0 Å². The maximum Gasteiger partial charge on any atom is 0.418 e. The first-order valence-corrected chi connectivity index (χ1v) is 9.70. The van der Waals surface area contributed by atoms with Crippen LogP contribution in [0.4, 0.5) is 0 Å². The van der Waals surface area contributed by atoms with Gasteiger partial charge in [0.1, 0.15) is 13.0 Å². The van der Waals surface area contributed by atoms with Crippen LogP contribution in [0.15, 0.2) is 0 Å². The van der Waals surface area contributed by atoms with Crippen molar-refractivity contribution in [3.63, 3.8) is 0 Å². The zero-order chi connectivity index (χ0) is 22.0. The summed E-state index contributed by atoms with van der Waals surface area (Å²) in [4.78, 5) is 71.1. The molecule has 0 unspecified atom stereocenters. The molecule has 0 radical (unpaired) electrons. The van der Waals surface area contributed by atoms with Gasteiger partial charge in [-0.05, 0) is 0 Å². The molecular weight excluding hydrogens is 408 g/mol. The SMILES string of the molecule is COC(=O)C(=O)O[C@H]1C(=O)NCCC(=O)NCCSC(=O)CC(=O)OCC1(C)C. The van der Waals surface area contributed by atoms with Gasteiger partial charge in [-0.1, -0.05) is 25.6 Å². The van der Waals surface area contributed by atoms with Crippen LogP contribution in [0.2, 0.25) is 0 Å². The molecule has 1 aliphatic rings. The maximum absolute atomic E-state index is 12.5. The fraction of sp³-hybridized carbons (Fsp3) is 0.647. The maximum atomic E-state index is 12.5. The van der Waals surface area contributed by atoms with E-state index in [1.807, 2.05) is 0 Å². The summed E-state index contributed by atoms with van der Waals surface area (Å²) in [5.41, 5.74) is -1.25. The Labute approximate surface area is 171 Å². The van der Waals surface area contributed by atoms with Gasteiger partial charge in [-0.15, -0.1) is 0 Å². The molecule has 0 bridgehead atoms. The highest BCUT2D eigenvalue weighted by atomic mass is 32.2. The lowest BCUT2D eigenvalue weighted by atomic mass is 9.86. The van der Waals surface area contributed by atoms with Crippen molar-refractivity contribution < 1.29 is 43.0 Å². The number of methoxy groups -OCH3 is 1. The van der Waals surface area contributed by atoms with E-state index in [2.05, 4.69) is 15.4 Å². The molecule has 0 saturated carbocycles. The van der Waals surface area contributed by atoms with Crippen LogP contribution in [0.5, 0.6) is 0 Å². The third kappa shape index (κ3) is 8.50. The lowest BCUT2D eigenvalue weighted by Crippen LogP contribution is -2.50. The number of ether oxygens (including phenoxy) is 3. The molecule has 2 amide bonds. The van der Waals surface area contributed by atoms with Crippen molar-refractivity contribution in [2.75, 3.05) is 32.6 Å². The van der Waals surface area contributed by atoms with E-state index in [0.717, 1.165) is 18.9 Å². The molecule has 29 heavy (non-hydrogen) atoms. The van der Waals surface area contributed by atoms with Crippen LogP contribution in [0.25, 0.3) is 0 Å². The minimum atomic E-state index is -1.53. The summed E-state index contributed by atoms with van der Waals surface area (Å²) in [6.07, 6.45) is -2.06. The summed E-state index contributed by atoms with van der Waals surface area (Å²) in [5, 5.41) is 4.59. The van der Waals surface area contributed by atoms with Crippen molar-refractivity contribution in [1.82, 2.24) is 10.6 Å². The molecule has 0 aromatic heterocycles. The van der Waals surface area contributed by atoms with Gasteiger partial charge in [-0.2, -0.15) is 0 Å². The van der Waals surface area contributed by atoms with E-state index < -0.39 is 46.9 Å². The number of hydrogen-bond acceptors (Lipinski definition) is 10. The molecule has 11 nitrogen and oxygen atoms in total. The van der Waals surface area contributed by atoms with Crippen LogP contribution < -0.4 is 10.6 Å². The van der Waals surface area contributed by atoms with Gasteiger partial charge in [0.05, 0.1) is 7.11 Å². The highest BCUT2D eigenvalue weighted by Crippen LogP contribution is 2.25. The molecule has 0 aliphatic carbocycles. The van der Waals surface area contributed by atoms with E-state index in [4.69, 9.17) is 9.47 Å². The standard InChI is InChI=1S/C17H24N2O9S/c1-17(2)9-27-11(21)8-12(22)29-7-6-18-10(20)4-5-19-14(23)13(17)28-16(25)15(24)26-3/h13H,4-9H2,1-3H3,(H,18,20)(H,19,23)/t13-/m0/s1. The second-order valence-electron chi connectivity index (χ2n) is 6.71. The number of rotatable bonds is 1. The van der Waals surface area contributed by atoms with Crippen LogP contribution in [0, 0.1) is 5.41 Å². The Bertz CT molecular complexity index is 678. The van der Waals surface area contributed by atoms with Crippen molar-refractivity contribution in [3.8, 4) is 0 Å². The van der Waals surface area contributed by atoms with E-state index in [0.29, 0.717) is 5.75 Å². The molecular formula is C17H24N2O9S. The summed E-state index contributed by atoms with van der Waals surface area (Å²) >= 11 is 0.888. The van der Waals surface area contributed by atoms with Crippen LogP contribution in [-0.4, -0.2) is 73.5 Å². The molecule has 1 aliphatic heterocycles. The first kappa shape index (κ1) is 24.4. The van der Waals surface area contributed by atoms with Crippen molar-refractivity contribution in [1.29, 1.82) is 0 Å². The average molecular weight is 432 g/mol. The second-order valence-corrected chi connectivity index (χ2v) is 7.87. The zero-order valence-corrected chi connectivity index (χ0v) is 17.2. The van der Waals surface area contributed by atoms with E-state index in [1.165, 1.54) is 13.8 Å². The quantitative estimate of drug-likeness (QED) is 0.226. The number of amides is 2. The molecule has 1 fully saturated rings.